The van der Waals surface area contributed by atoms with Crippen LogP contribution < -0.4 is 0 Å². The number of carbonyl (C=O) groups is 1. The Morgan fingerprint density at radius 1 is 1.47 bits per heavy atom. The lowest BCUT2D eigenvalue weighted by molar-refractivity contribution is 0.0692. The van der Waals surface area contributed by atoms with E-state index in [1.165, 1.54) is 11.3 Å². The normalized spacial score (nSPS) is 17.8. The molecule has 6 heteroatoms. The largest absolute Gasteiger partial charge is 0.337 e. The van der Waals surface area contributed by atoms with E-state index in [4.69, 9.17) is 0 Å². The average Bonchev–Trinajstić information content (AvgIpc) is 2.89. The number of imidazole rings is 1. The molecular formula is C11H14N4OS. The standard InChI is InChI=1S/C11H14N4OS/c1-8-2-4-14(5-3-8)10(16)9-6-15-11(13-9)17-7-12-15/h6-8H,2-5H2,1H3. The zero-order valence-electron chi connectivity index (χ0n) is 9.67. The van der Waals surface area contributed by atoms with E-state index in [9.17, 15) is 4.79 Å². The van der Waals surface area contributed by atoms with Gasteiger partial charge in [-0.3, -0.25) is 4.79 Å². The molecule has 2 aromatic rings. The molecule has 0 aliphatic carbocycles. The lowest BCUT2D eigenvalue weighted by Gasteiger charge is -2.29. The first-order valence-corrected chi connectivity index (χ1v) is 6.70. The summed E-state index contributed by atoms with van der Waals surface area (Å²) in [6.45, 7) is 3.93. The molecule has 1 aliphatic rings. The molecule has 2 aromatic heterocycles. The Balaban J connectivity index is 1.79. The number of aromatic nitrogens is 3. The van der Waals surface area contributed by atoms with E-state index >= 15 is 0 Å². The van der Waals surface area contributed by atoms with Crippen molar-refractivity contribution in [1.82, 2.24) is 19.5 Å². The van der Waals surface area contributed by atoms with Crippen molar-refractivity contribution in [2.24, 2.45) is 5.92 Å². The van der Waals surface area contributed by atoms with Crippen molar-refractivity contribution in [1.29, 1.82) is 0 Å². The Hall–Kier alpha value is -1.43. The van der Waals surface area contributed by atoms with Crippen molar-refractivity contribution in [3.63, 3.8) is 0 Å². The molecule has 0 saturated carbocycles. The first-order chi connectivity index (χ1) is 8.24. The predicted molar refractivity (Wildman–Crippen MR) is 65.2 cm³/mol. The molecule has 1 saturated heterocycles. The third kappa shape index (κ3) is 1.93. The van der Waals surface area contributed by atoms with E-state index in [1.54, 1.807) is 16.2 Å². The smallest absolute Gasteiger partial charge is 0.274 e. The highest BCUT2D eigenvalue weighted by Gasteiger charge is 2.23. The molecular weight excluding hydrogens is 236 g/mol. The van der Waals surface area contributed by atoms with Gasteiger partial charge in [0, 0.05) is 13.1 Å². The second-order valence-electron chi connectivity index (χ2n) is 4.57. The van der Waals surface area contributed by atoms with Crippen LogP contribution in [0.3, 0.4) is 0 Å². The highest BCUT2D eigenvalue weighted by molar-refractivity contribution is 7.14. The molecule has 17 heavy (non-hydrogen) atoms. The van der Waals surface area contributed by atoms with Gasteiger partial charge in [-0.2, -0.15) is 5.10 Å². The second kappa shape index (κ2) is 4.10. The molecule has 0 radical (unpaired) electrons. The van der Waals surface area contributed by atoms with Crippen LogP contribution >= 0.6 is 11.3 Å². The summed E-state index contributed by atoms with van der Waals surface area (Å²) >= 11 is 1.44. The maximum absolute atomic E-state index is 12.2. The Morgan fingerprint density at radius 2 is 2.24 bits per heavy atom. The molecule has 0 aromatic carbocycles. The molecule has 0 bridgehead atoms. The minimum absolute atomic E-state index is 0.0367. The van der Waals surface area contributed by atoms with Crippen LogP contribution in [-0.2, 0) is 0 Å². The number of amides is 1. The van der Waals surface area contributed by atoms with Gasteiger partial charge in [-0.05, 0) is 18.8 Å². The number of carbonyl (C=O) groups excluding carboxylic acids is 1. The van der Waals surface area contributed by atoms with Gasteiger partial charge in [0.05, 0.1) is 6.20 Å². The van der Waals surface area contributed by atoms with E-state index in [1.807, 2.05) is 4.90 Å². The fourth-order valence-electron chi connectivity index (χ4n) is 2.12. The first-order valence-electron chi connectivity index (χ1n) is 5.82. The van der Waals surface area contributed by atoms with Crippen LogP contribution in [0.5, 0.6) is 0 Å². The van der Waals surface area contributed by atoms with Gasteiger partial charge >= 0.3 is 0 Å². The number of hydrogen-bond acceptors (Lipinski definition) is 4. The lowest BCUT2D eigenvalue weighted by atomic mass is 9.99. The fraction of sp³-hybridized carbons (Fsp3) is 0.545. The average molecular weight is 250 g/mol. The summed E-state index contributed by atoms with van der Waals surface area (Å²) in [5.41, 5.74) is 2.23. The minimum Gasteiger partial charge on any atom is -0.337 e. The fourth-order valence-corrected chi connectivity index (χ4v) is 2.72. The molecule has 1 fully saturated rings. The monoisotopic (exact) mass is 250 g/mol. The Morgan fingerprint density at radius 3 is 2.94 bits per heavy atom. The van der Waals surface area contributed by atoms with E-state index in [2.05, 4.69) is 17.0 Å². The summed E-state index contributed by atoms with van der Waals surface area (Å²) in [4.78, 5) is 19.2. The molecule has 0 N–H and O–H groups in total. The van der Waals surface area contributed by atoms with Crippen molar-refractivity contribution in [2.45, 2.75) is 19.8 Å². The van der Waals surface area contributed by atoms with Crippen molar-refractivity contribution >= 4 is 22.2 Å². The number of nitrogens with zero attached hydrogens (tertiary/aromatic N) is 4. The molecule has 1 aliphatic heterocycles. The summed E-state index contributed by atoms with van der Waals surface area (Å²) in [5.74, 6) is 0.765. The van der Waals surface area contributed by atoms with E-state index in [0.717, 1.165) is 36.8 Å². The molecule has 0 atom stereocenters. The van der Waals surface area contributed by atoms with Crippen LogP contribution in [0.25, 0.3) is 4.96 Å². The maximum Gasteiger partial charge on any atom is 0.274 e. The third-order valence-corrected chi connectivity index (χ3v) is 3.97. The third-order valence-electron chi connectivity index (χ3n) is 3.28. The van der Waals surface area contributed by atoms with Gasteiger partial charge in [0.15, 0.2) is 0 Å². The molecule has 0 unspecified atom stereocenters. The zero-order valence-corrected chi connectivity index (χ0v) is 10.5. The predicted octanol–water partition coefficient (Wildman–Crippen LogP) is 1.66. The quantitative estimate of drug-likeness (QED) is 0.773. The van der Waals surface area contributed by atoms with Gasteiger partial charge in [0.2, 0.25) is 4.96 Å². The SMILES string of the molecule is CC1CCN(C(=O)c2cn3ncsc3n2)CC1. The van der Waals surface area contributed by atoms with Crippen LogP contribution in [0.15, 0.2) is 11.7 Å². The van der Waals surface area contributed by atoms with E-state index < -0.39 is 0 Å². The minimum atomic E-state index is 0.0367. The van der Waals surface area contributed by atoms with E-state index in [-0.39, 0.29) is 5.91 Å². The van der Waals surface area contributed by atoms with Crippen LogP contribution in [0.1, 0.15) is 30.3 Å². The lowest BCUT2D eigenvalue weighted by Crippen LogP contribution is -2.38. The summed E-state index contributed by atoms with van der Waals surface area (Å²) in [6.07, 6.45) is 3.89. The Kier molecular flexibility index (Phi) is 2.58. The maximum atomic E-state index is 12.2. The van der Waals surface area contributed by atoms with Crippen molar-refractivity contribution in [2.75, 3.05) is 13.1 Å². The van der Waals surface area contributed by atoms with Gasteiger partial charge in [-0.15, -0.1) is 0 Å². The highest BCUT2D eigenvalue weighted by Crippen LogP contribution is 2.18. The molecule has 3 heterocycles. The van der Waals surface area contributed by atoms with Gasteiger partial charge in [-0.1, -0.05) is 18.3 Å². The van der Waals surface area contributed by atoms with Crippen LogP contribution in [0, 0.1) is 5.92 Å². The van der Waals surface area contributed by atoms with Gasteiger partial charge in [0.25, 0.3) is 5.91 Å². The molecule has 0 spiro atoms. The molecule has 90 valence electrons. The number of fused-ring (bicyclic) bond motifs is 1. The van der Waals surface area contributed by atoms with Gasteiger partial charge in [0.1, 0.15) is 11.2 Å². The first kappa shape index (κ1) is 10.7. The summed E-state index contributed by atoms with van der Waals surface area (Å²) in [5, 5.41) is 4.08. The number of piperidine rings is 1. The number of likely N-dealkylation sites (tertiary alicyclic amines) is 1. The van der Waals surface area contributed by atoms with Gasteiger partial charge < -0.3 is 4.90 Å². The topological polar surface area (TPSA) is 50.5 Å². The summed E-state index contributed by atoms with van der Waals surface area (Å²) in [6, 6.07) is 0. The molecule has 1 amide bonds. The van der Waals surface area contributed by atoms with Crippen molar-refractivity contribution < 1.29 is 4.79 Å². The number of rotatable bonds is 1. The van der Waals surface area contributed by atoms with Crippen LogP contribution in [0.2, 0.25) is 0 Å². The van der Waals surface area contributed by atoms with E-state index in [0.29, 0.717) is 5.69 Å². The van der Waals surface area contributed by atoms with Crippen LogP contribution in [0.4, 0.5) is 0 Å². The zero-order chi connectivity index (χ0) is 11.8. The second-order valence-corrected chi connectivity index (χ2v) is 5.38. The highest BCUT2D eigenvalue weighted by atomic mass is 32.1. The Labute approximate surface area is 103 Å². The molecule has 3 rings (SSSR count). The molecule has 5 nitrogen and oxygen atoms in total. The Bertz CT molecular complexity index is 510. The van der Waals surface area contributed by atoms with Gasteiger partial charge in [-0.25, -0.2) is 9.50 Å². The van der Waals surface area contributed by atoms with Crippen molar-refractivity contribution in [3.8, 4) is 0 Å². The summed E-state index contributed by atoms with van der Waals surface area (Å²) < 4.78 is 1.66. The number of hydrogen-bond donors (Lipinski definition) is 0. The summed E-state index contributed by atoms with van der Waals surface area (Å²) in [7, 11) is 0. The van der Waals surface area contributed by atoms with Crippen molar-refractivity contribution in [3.05, 3.63) is 17.4 Å². The van der Waals surface area contributed by atoms with Crippen LogP contribution in [-0.4, -0.2) is 38.5 Å².